The lowest BCUT2D eigenvalue weighted by Crippen LogP contribution is -2.10. The largest absolute Gasteiger partial charge is 0.480 e. The van der Waals surface area contributed by atoms with E-state index in [2.05, 4.69) is 26.5 Å². The zero-order chi connectivity index (χ0) is 19.4. The van der Waals surface area contributed by atoms with E-state index in [1.54, 1.807) is 18.2 Å². The molecule has 3 rings (SSSR count). The van der Waals surface area contributed by atoms with Crippen LogP contribution in [0.4, 0.5) is 26.1 Å². The summed E-state index contributed by atoms with van der Waals surface area (Å²) < 4.78 is 30.6. The van der Waals surface area contributed by atoms with Gasteiger partial charge in [0.15, 0.2) is 0 Å². The van der Waals surface area contributed by atoms with Gasteiger partial charge in [0.2, 0.25) is 11.8 Å². The molecule has 0 saturated carbocycles. The number of hydrogen-bond acceptors (Lipinski definition) is 7. The van der Waals surface area contributed by atoms with E-state index in [1.165, 1.54) is 7.11 Å². The van der Waals surface area contributed by atoms with Crippen molar-refractivity contribution in [2.75, 3.05) is 24.7 Å². The van der Waals surface area contributed by atoms with E-state index in [0.717, 1.165) is 41.7 Å². The third-order valence-electron chi connectivity index (χ3n) is 4.27. The Kier molecular flexibility index (Phi) is 5.58. The molecule has 0 atom stereocenters. The smallest absolute Gasteiger partial charge is 0.255 e. The number of allylic oxidation sites excluding steroid dienone is 1. The second-order valence-electron chi connectivity index (χ2n) is 6.04. The molecule has 9 heteroatoms. The van der Waals surface area contributed by atoms with E-state index in [4.69, 9.17) is 16.0 Å². The first-order chi connectivity index (χ1) is 13.0. The highest BCUT2D eigenvalue weighted by Crippen LogP contribution is 2.38. The quantitative estimate of drug-likeness (QED) is 0.657. The molecule has 0 amide bonds. The van der Waals surface area contributed by atoms with Crippen molar-refractivity contribution in [3.63, 3.8) is 0 Å². The van der Waals surface area contributed by atoms with Gasteiger partial charge in [0.05, 0.1) is 30.6 Å². The molecule has 1 aromatic carbocycles. The minimum Gasteiger partial charge on any atom is -0.480 e. The van der Waals surface area contributed by atoms with Gasteiger partial charge in [-0.15, -0.1) is 0 Å². The molecular weight excluding hydrogens is 354 g/mol. The van der Waals surface area contributed by atoms with Gasteiger partial charge in [-0.3, -0.25) is 0 Å². The van der Waals surface area contributed by atoms with E-state index < -0.39 is 13.0 Å². The van der Waals surface area contributed by atoms with Crippen molar-refractivity contribution in [2.24, 2.45) is 5.11 Å². The van der Waals surface area contributed by atoms with Gasteiger partial charge in [-0.2, -0.15) is 10.1 Å². The second-order valence-corrected chi connectivity index (χ2v) is 6.04. The molecule has 0 radical (unpaired) electrons. The summed E-state index contributed by atoms with van der Waals surface area (Å²) in [5.41, 5.74) is 16.8. The van der Waals surface area contributed by atoms with Gasteiger partial charge in [0.1, 0.15) is 5.69 Å². The molecular formula is C18H20F2N6O. The van der Waals surface area contributed by atoms with Gasteiger partial charge in [0, 0.05) is 0 Å². The normalized spacial score (nSPS) is 13.6. The molecule has 0 fully saturated rings. The van der Waals surface area contributed by atoms with Gasteiger partial charge in [0.25, 0.3) is 6.43 Å². The Morgan fingerprint density at radius 2 is 2.19 bits per heavy atom. The van der Waals surface area contributed by atoms with Crippen LogP contribution in [0.5, 0.6) is 5.88 Å². The molecule has 4 N–H and O–H groups in total. The van der Waals surface area contributed by atoms with E-state index >= 15 is 0 Å². The Bertz CT molecular complexity index is 884. The van der Waals surface area contributed by atoms with Gasteiger partial charge in [-0.25, -0.2) is 19.3 Å². The second kappa shape index (κ2) is 8.07. The van der Waals surface area contributed by atoms with Crippen molar-refractivity contribution in [3.8, 4) is 5.88 Å². The number of halogens is 2. The molecule has 1 aromatic heterocycles. The summed E-state index contributed by atoms with van der Waals surface area (Å²) >= 11 is 0. The number of anilines is 2. The first kappa shape index (κ1) is 18.7. The summed E-state index contributed by atoms with van der Waals surface area (Å²) in [7, 11) is 1.52. The van der Waals surface area contributed by atoms with Crippen molar-refractivity contribution in [2.45, 2.75) is 25.7 Å². The zero-order valence-electron chi connectivity index (χ0n) is 14.8. The van der Waals surface area contributed by atoms with Crippen molar-refractivity contribution >= 4 is 22.9 Å². The number of benzene rings is 1. The standard InChI is InChI=1S/C18H20F2N6O/c1-27-17-16-11(4-2-3-5-13(16)24-18(21)25-17)10-6-7-12(26-22)14(8-10)23-9-15(19)20/h4,6-8,15,22-23H,2-3,5,9H2,1H3,(H2,21,24,25). The highest BCUT2D eigenvalue weighted by molar-refractivity contribution is 5.86. The molecule has 1 aliphatic rings. The lowest BCUT2D eigenvalue weighted by atomic mass is 9.96. The van der Waals surface area contributed by atoms with Crippen LogP contribution in [0.15, 0.2) is 29.4 Å². The van der Waals surface area contributed by atoms with Crippen LogP contribution in [0.25, 0.3) is 5.57 Å². The van der Waals surface area contributed by atoms with Gasteiger partial charge < -0.3 is 15.8 Å². The van der Waals surface area contributed by atoms with Crippen LogP contribution in [0.1, 0.15) is 29.7 Å². The van der Waals surface area contributed by atoms with Crippen LogP contribution >= 0.6 is 0 Å². The summed E-state index contributed by atoms with van der Waals surface area (Å²) in [5, 5.41) is 6.05. The lowest BCUT2D eigenvalue weighted by Gasteiger charge is -2.16. The Morgan fingerprint density at radius 3 is 2.89 bits per heavy atom. The van der Waals surface area contributed by atoms with Gasteiger partial charge in [-0.05, 0) is 42.5 Å². The number of nitrogen functional groups attached to an aromatic ring is 1. The molecule has 142 valence electrons. The molecule has 27 heavy (non-hydrogen) atoms. The number of nitrogens with two attached hydrogens (primary N) is 1. The van der Waals surface area contributed by atoms with Crippen molar-refractivity contribution in [3.05, 3.63) is 41.1 Å². The Hall–Kier alpha value is -3.10. The molecule has 0 saturated heterocycles. The average molecular weight is 374 g/mol. The van der Waals surface area contributed by atoms with Crippen LogP contribution < -0.4 is 15.8 Å². The molecule has 0 aliphatic heterocycles. The van der Waals surface area contributed by atoms with Crippen LogP contribution in [-0.4, -0.2) is 30.0 Å². The number of rotatable bonds is 6. The third-order valence-corrected chi connectivity index (χ3v) is 4.27. The van der Waals surface area contributed by atoms with Crippen molar-refractivity contribution < 1.29 is 13.5 Å². The number of alkyl halides is 2. The number of fused-ring (bicyclic) bond motifs is 1. The predicted octanol–water partition coefficient (Wildman–Crippen LogP) is 4.17. The number of aromatic nitrogens is 2. The molecule has 7 nitrogen and oxygen atoms in total. The Balaban J connectivity index is 2.10. The van der Waals surface area contributed by atoms with Crippen LogP contribution in [-0.2, 0) is 6.42 Å². The molecule has 2 aromatic rings. The third kappa shape index (κ3) is 4.02. The number of hydrogen-bond donors (Lipinski definition) is 3. The summed E-state index contributed by atoms with van der Waals surface area (Å²) in [6, 6.07) is 5.11. The first-order valence-electron chi connectivity index (χ1n) is 8.48. The van der Waals surface area contributed by atoms with E-state index in [9.17, 15) is 8.78 Å². The number of aryl methyl sites for hydroxylation is 1. The number of ether oxygens (including phenoxy) is 1. The van der Waals surface area contributed by atoms with Gasteiger partial charge >= 0.3 is 0 Å². The molecule has 1 aliphatic carbocycles. The maximum atomic E-state index is 12.6. The predicted molar refractivity (Wildman–Crippen MR) is 98.8 cm³/mol. The fourth-order valence-corrected chi connectivity index (χ4v) is 3.11. The monoisotopic (exact) mass is 374 g/mol. The number of nitrogens with one attached hydrogen (secondary N) is 2. The highest BCUT2D eigenvalue weighted by atomic mass is 19.3. The summed E-state index contributed by atoms with van der Waals surface area (Å²) in [6.07, 6.45) is 1.99. The molecule has 0 unspecified atom stereocenters. The van der Waals surface area contributed by atoms with Crippen molar-refractivity contribution in [1.82, 2.24) is 9.97 Å². The Morgan fingerprint density at radius 1 is 1.37 bits per heavy atom. The summed E-state index contributed by atoms with van der Waals surface area (Å²) in [6.45, 7) is -0.523. The van der Waals surface area contributed by atoms with E-state index in [0.29, 0.717) is 11.6 Å². The minimum absolute atomic E-state index is 0.148. The summed E-state index contributed by atoms with van der Waals surface area (Å²) in [5.74, 6) is 0.525. The van der Waals surface area contributed by atoms with Gasteiger partial charge in [-0.1, -0.05) is 12.1 Å². The molecule has 0 spiro atoms. The summed E-state index contributed by atoms with van der Waals surface area (Å²) in [4.78, 5) is 8.53. The van der Waals surface area contributed by atoms with E-state index in [1.807, 2.05) is 0 Å². The maximum Gasteiger partial charge on any atom is 0.255 e. The maximum absolute atomic E-state index is 12.6. The first-order valence-corrected chi connectivity index (χ1v) is 8.48. The van der Waals surface area contributed by atoms with Crippen LogP contribution in [0.2, 0.25) is 0 Å². The topological polar surface area (TPSA) is 109 Å². The van der Waals surface area contributed by atoms with Crippen molar-refractivity contribution in [1.29, 1.82) is 5.53 Å². The molecule has 1 heterocycles. The zero-order valence-corrected chi connectivity index (χ0v) is 14.8. The lowest BCUT2D eigenvalue weighted by molar-refractivity contribution is 0.163. The van der Waals surface area contributed by atoms with Crippen LogP contribution in [0, 0.1) is 5.53 Å². The average Bonchev–Trinajstić information content (AvgIpc) is 2.87. The fraction of sp³-hybridized carbons (Fsp3) is 0.333. The SMILES string of the molecule is COc1nc(N)nc2c1C(c1ccc(N=N)c(NCC(F)F)c1)=CCCC2. The number of methoxy groups -OCH3 is 1. The van der Waals surface area contributed by atoms with E-state index in [-0.39, 0.29) is 11.6 Å². The molecule has 0 bridgehead atoms. The fourth-order valence-electron chi connectivity index (χ4n) is 3.11. The Labute approximate surface area is 155 Å². The minimum atomic E-state index is -2.51. The van der Waals surface area contributed by atoms with Crippen LogP contribution in [0.3, 0.4) is 0 Å². The highest BCUT2D eigenvalue weighted by Gasteiger charge is 2.22. The number of nitrogens with zero attached hydrogens (tertiary/aromatic N) is 3.